The molecule has 0 unspecified atom stereocenters. The number of hydrazone groups is 1. The second-order valence-corrected chi connectivity index (χ2v) is 7.42. The van der Waals surface area contributed by atoms with Crippen molar-refractivity contribution in [3.8, 4) is 11.5 Å². The highest BCUT2D eigenvalue weighted by atomic mass is 32.2. The van der Waals surface area contributed by atoms with E-state index in [1.807, 2.05) is 17.5 Å². The summed E-state index contributed by atoms with van der Waals surface area (Å²) in [7, 11) is 0. The van der Waals surface area contributed by atoms with E-state index in [4.69, 9.17) is 14.9 Å². The maximum absolute atomic E-state index is 12.4. The van der Waals surface area contributed by atoms with Crippen LogP contribution in [0.4, 0.5) is 0 Å². The number of rotatable bonds is 2. The summed E-state index contributed by atoms with van der Waals surface area (Å²) in [5.41, 5.74) is 0.916. The summed E-state index contributed by atoms with van der Waals surface area (Å²) in [5.74, 6) is 0.845. The number of thioether (sulfide) groups is 1. The van der Waals surface area contributed by atoms with Crippen LogP contribution in [0.1, 0.15) is 10.4 Å². The molecule has 1 aromatic carbocycles. The van der Waals surface area contributed by atoms with Crippen molar-refractivity contribution in [2.24, 2.45) is 10.1 Å². The molecule has 26 heavy (non-hydrogen) atoms. The molecule has 0 fully saturated rings. The van der Waals surface area contributed by atoms with Gasteiger partial charge in [0.2, 0.25) is 12.0 Å². The number of nitrogens with zero attached hydrogens (tertiary/aromatic N) is 3. The molecule has 0 saturated carbocycles. The van der Waals surface area contributed by atoms with Crippen LogP contribution < -0.4 is 9.47 Å². The van der Waals surface area contributed by atoms with Crippen molar-refractivity contribution in [2.45, 2.75) is 0 Å². The molecule has 4 heterocycles. The first kappa shape index (κ1) is 15.4. The molecule has 3 aliphatic rings. The van der Waals surface area contributed by atoms with Gasteiger partial charge in [-0.15, -0.1) is 11.3 Å². The van der Waals surface area contributed by atoms with Crippen LogP contribution in [0.5, 0.6) is 11.5 Å². The summed E-state index contributed by atoms with van der Waals surface area (Å²) in [6.07, 6.45) is 1.62. The van der Waals surface area contributed by atoms with Gasteiger partial charge in [0.05, 0.1) is 10.5 Å². The molecule has 0 bridgehead atoms. The van der Waals surface area contributed by atoms with E-state index in [1.54, 1.807) is 35.6 Å². The van der Waals surface area contributed by atoms with Crippen molar-refractivity contribution < 1.29 is 14.3 Å². The molecule has 0 saturated heterocycles. The van der Waals surface area contributed by atoms with Crippen molar-refractivity contribution in [1.82, 2.24) is 5.01 Å². The number of amidine groups is 2. The monoisotopic (exact) mass is 382 g/mol. The molecule has 0 atom stereocenters. The normalized spacial score (nSPS) is 19.7. The maximum Gasteiger partial charge on any atom is 0.283 e. The summed E-state index contributed by atoms with van der Waals surface area (Å²) in [6, 6.07) is 9.24. The zero-order valence-electron chi connectivity index (χ0n) is 13.1. The Bertz CT molecular complexity index is 1040. The molecule has 1 amide bonds. The third-order valence-electron chi connectivity index (χ3n) is 3.89. The van der Waals surface area contributed by atoms with E-state index in [-0.39, 0.29) is 18.2 Å². The third kappa shape index (κ3) is 2.44. The second kappa shape index (κ2) is 5.82. The van der Waals surface area contributed by atoms with Crippen LogP contribution in [0.3, 0.4) is 0 Å². The SMILES string of the molecule is N=C1C(=Cc2ccc3c(c2)OCO3)C(=O)N=C2SC(c3cccs3)=NN12. The van der Waals surface area contributed by atoms with Gasteiger partial charge in [-0.2, -0.15) is 15.1 Å². The second-order valence-electron chi connectivity index (χ2n) is 5.52. The molecule has 2 aromatic rings. The van der Waals surface area contributed by atoms with E-state index in [0.717, 1.165) is 15.5 Å². The first-order valence-electron chi connectivity index (χ1n) is 7.63. The van der Waals surface area contributed by atoms with Crippen LogP contribution in [0.15, 0.2) is 51.4 Å². The minimum atomic E-state index is -0.450. The van der Waals surface area contributed by atoms with E-state index in [0.29, 0.717) is 16.7 Å². The van der Waals surface area contributed by atoms with Crippen molar-refractivity contribution in [1.29, 1.82) is 5.41 Å². The van der Waals surface area contributed by atoms with Crippen molar-refractivity contribution in [3.63, 3.8) is 0 Å². The smallest absolute Gasteiger partial charge is 0.283 e. The minimum absolute atomic E-state index is 0.0109. The first-order chi connectivity index (χ1) is 12.7. The molecule has 0 spiro atoms. The predicted octanol–water partition coefficient (Wildman–Crippen LogP) is 3.14. The number of hydrogen-bond acceptors (Lipinski definition) is 7. The zero-order valence-corrected chi connectivity index (χ0v) is 14.8. The van der Waals surface area contributed by atoms with Crippen LogP contribution in [-0.2, 0) is 4.79 Å². The molecule has 0 radical (unpaired) electrons. The van der Waals surface area contributed by atoms with Gasteiger partial charge >= 0.3 is 0 Å². The maximum atomic E-state index is 12.4. The lowest BCUT2D eigenvalue weighted by Crippen LogP contribution is -2.35. The fourth-order valence-corrected chi connectivity index (χ4v) is 4.34. The van der Waals surface area contributed by atoms with Gasteiger partial charge in [-0.1, -0.05) is 12.1 Å². The van der Waals surface area contributed by atoms with Gasteiger partial charge < -0.3 is 9.47 Å². The van der Waals surface area contributed by atoms with Crippen molar-refractivity contribution in [2.75, 3.05) is 6.79 Å². The number of benzene rings is 1. The third-order valence-corrected chi connectivity index (χ3v) is 5.84. The Labute approximate surface area is 156 Å². The number of hydrogen-bond donors (Lipinski definition) is 1. The minimum Gasteiger partial charge on any atom is -0.454 e. The highest BCUT2D eigenvalue weighted by Crippen LogP contribution is 2.35. The zero-order chi connectivity index (χ0) is 17.7. The molecular formula is C17H10N4O3S2. The predicted molar refractivity (Wildman–Crippen MR) is 101 cm³/mol. The van der Waals surface area contributed by atoms with Crippen LogP contribution in [0, 0.1) is 5.41 Å². The number of fused-ring (bicyclic) bond motifs is 2. The standard InChI is InChI=1S/C17H10N4O3S2/c18-14-10(6-9-3-4-11-12(7-9)24-8-23-11)15(22)19-17-21(14)20-16(26-17)13-2-1-5-25-13/h1-7,18H,8H2. The van der Waals surface area contributed by atoms with E-state index < -0.39 is 5.91 Å². The van der Waals surface area contributed by atoms with Gasteiger partial charge in [0.1, 0.15) is 5.04 Å². The molecule has 128 valence electrons. The average Bonchev–Trinajstić information content (AvgIpc) is 3.36. The molecular weight excluding hydrogens is 372 g/mol. The number of ether oxygens (including phenoxy) is 2. The number of carbonyl (C=O) groups excluding carboxylic acids is 1. The molecule has 5 rings (SSSR count). The lowest BCUT2D eigenvalue weighted by molar-refractivity contribution is -0.114. The Kier molecular flexibility index (Phi) is 3.44. The van der Waals surface area contributed by atoms with Crippen molar-refractivity contribution in [3.05, 3.63) is 51.7 Å². The molecule has 7 nitrogen and oxygen atoms in total. The van der Waals surface area contributed by atoms with E-state index in [9.17, 15) is 4.79 Å². The van der Waals surface area contributed by atoms with E-state index >= 15 is 0 Å². The largest absolute Gasteiger partial charge is 0.454 e. The Hall–Kier alpha value is -2.91. The van der Waals surface area contributed by atoms with Crippen LogP contribution >= 0.6 is 23.1 Å². The molecule has 9 heteroatoms. The van der Waals surface area contributed by atoms with Crippen LogP contribution in [0.2, 0.25) is 0 Å². The van der Waals surface area contributed by atoms with Gasteiger partial charge in [0.25, 0.3) is 5.91 Å². The summed E-state index contributed by atoms with van der Waals surface area (Å²) in [6.45, 7) is 0.184. The molecule has 3 aliphatic heterocycles. The number of amides is 1. The fraction of sp³-hybridized carbons (Fsp3) is 0.0588. The number of carbonyl (C=O) groups is 1. The summed E-state index contributed by atoms with van der Waals surface area (Å²) in [5, 5.41) is 17.4. The molecule has 1 N–H and O–H groups in total. The Balaban J connectivity index is 1.50. The molecule has 1 aromatic heterocycles. The van der Waals surface area contributed by atoms with Gasteiger partial charge in [0, 0.05) is 0 Å². The highest BCUT2D eigenvalue weighted by molar-refractivity contribution is 8.27. The Morgan fingerprint density at radius 2 is 2.12 bits per heavy atom. The average molecular weight is 382 g/mol. The first-order valence-corrected chi connectivity index (χ1v) is 9.32. The lowest BCUT2D eigenvalue weighted by atomic mass is 10.1. The number of aliphatic imine (C=N–C) groups is 1. The van der Waals surface area contributed by atoms with Crippen LogP contribution in [0.25, 0.3) is 6.08 Å². The summed E-state index contributed by atoms with van der Waals surface area (Å²) < 4.78 is 10.6. The number of thiophene rings is 1. The summed E-state index contributed by atoms with van der Waals surface area (Å²) in [4.78, 5) is 17.5. The van der Waals surface area contributed by atoms with Gasteiger partial charge in [0.15, 0.2) is 17.3 Å². The van der Waals surface area contributed by atoms with Gasteiger partial charge in [-0.25, -0.2) is 0 Å². The summed E-state index contributed by atoms with van der Waals surface area (Å²) >= 11 is 2.85. The molecule has 0 aliphatic carbocycles. The Morgan fingerprint density at radius 1 is 1.23 bits per heavy atom. The van der Waals surface area contributed by atoms with Gasteiger partial charge in [-0.3, -0.25) is 10.2 Å². The lowest BCUT2D eigenvalue weighted by Gasteiger charge is -2.20. The quantitative estimate of drug-likeness (QED) is 0.806. The van der Waals surface area contributed by atoms with Crippen molar-refractivity contribution >= 4 is 51.1 Å². The topological polar surface area (TPSA) is 87.3 Å². The Morgan fingerprint density at radius 3 is 2.96 bits per heavy atom. The van der Waals surface area contributed by atoms with Crippen LogP contribution in [-0.4, -0.2) is 33.8 Å². The van der Waals surface area contributed by atoms with E-state index in [1.165, 1.54) is 16.8 Å². The van der Waals surface area contributed by atoms with E-state index in [2.05, 4.69) is 10.1 Å². The number of nitrogens with one attached hydrogen (secondary N) is 1. The fourth-order valence-electron chi connectivity index (χ4n) is 2.66. The highest BCUT2D eigenvalue weighted by Gasteiger charge is 2.36. The van der Waals surface area contributed by atoms with Gasteiger partial charge in [-0.05, 0) is 47.0 Å².